The van der Waals surface area contributed by atoms with Crippen molar-refractivity contribution in [2.45, 2.75) is 32.5 Å². The molecule has 0 aromatic carbocycles. The van der Waals surface area contributed by atoms with E-state index in [-0.39, 0.29) is 6.61 Å². The third-order valence-electron chi connectivity index (χ3n) is 2.38. The maximum Gasteiger partial charge on any atom is 0.0887 e. The van der Waals surface area contributed by atoms with Crippen LogP contribution in [-0.2, 0) is 0 Å². The van der Waals surface area contributed by atoms with Gasteiger partial charge in [0.25, 0.3) is 0 Å². The summed E-state index contributed by atoms with van der Waals surface area (Å²) in [6.07, 6.45) is 0.742. The Morgan fingerprint density at radius 1 is 1.50 bits per heavy atom. The minimum Gasteiger partial charge on any atom is -0.392 e. The summed E-state index contributed by atoms with van der Waals surface area (Å²) >= 11 is 0. The van der Waals surface area contributed by atoms with E-state index in [0.29, 0.717) is 6.42 Å². The topological polar surface area (TPSA) is 60.7 Å². The highest BCUT2D eigenvalue weighted by Gasteiger charge is 2.35. The highest BCUT2D eigenvalue weighted by atomic mass is 16.3. The molecule has 0 radical (unpaired) electrons. The summed E-state index contributed by atoms with van der Waals surface area (Å²) in [5, 5.41) is 27.8. The van der Waals surface area contributed by atoms with Crippen molar-refractivity contribution in [1.82, 2.24) is 0 Å². The molecule has 70 valence electrons. The Hall–Kier alpha value is -0.380. The van der Waals surface area contributed by atoms with Crippen LogP contribution in [0.4, 0.5) is 0 Å². The largest absolute Gasteiger partial charge is 0.392 e. The quantitative estimate of drug-likeness (QED) is 0.490. The third-order valence-corrected chi connectivity index (χ3v) is 2.38. The molecule has 0 aromatic rings. The molecule has 3 N–H and O–H groups in total. The van der Waals surface area contributed by atoms with Gasteiger partial charge in [0.1, 0.15) is 0 Å². The lowest BCUT2D eigenvalue weighted by Gasteiger charge is -2.36. The van der Waals surface area contributed by atoms with E-state index >= 15 is 0 Å². The lowest BCUT2D eigenvalue weighted by Crippen LogP contribution is -2.42. The fraction of sp³-hybridized carbons (Fsp3) is 0.778. The highest BCUT2D eigenvalue weighted by Crippen LogP contribution is 2.33. The molecule has 0 saturated carbocycles. The van der Waals surface area contributed by atoms with Crippen molar-refractivity contribution in [2.24, 2.45) is 5.41 Å². The second-order valence-corrected chi connectivity index (χ2v) is 4.00. The van der Waals surface area contributed by atoms with Gasteiger partial charge in [0, 0.05) is 5.41 Å². The molecule has 3 heteroatoms. The van der Waals surface area contributed by atoms with Crippen LogP contribution in [0, 0.1) is 5.41 Å². The molecule has 0 aromatic heterocycles. The zero-order chi connectivity index (χ0) is 9.35. The standard InChI is InChI=1S/C9H16O3/c1-9(2)4-6(5-10)3-7(11)8(9)12/h4,7-8,10-12H,3,5H2,1-2H3/t7-,8?/m0/s1. The molecule has 0 amide bonds. The molecule has 2 atom stereocenters. The van der Waals surface area contributed by atoms with Crippen LogP contribution in [0.5, 0.6) is 0 Å². The monoisotopic (exact) mass is 172 g/mol. The first-order chi connectivity index (χ1) is 5.47. The van der Waals surface area contributed by atoms with Crippen molar-refractivity contribution in [1.29, 1.82) is 0 Å². The van der Waals surface area contributed by atoms with Crippen molar-refractivity contribution in [3.63, 3.8) is 0 Å². The fourth-order valence-electron chi connectivity index (χ4n) is 1.66. The second kappa shape index (κ2) is 3.17. The van der Waals surface area contributed by atoms with Crippen LogP contribution in [0.3, 0.4) is 0 Å². The molecule has 1 unspecified atom stereocenters. The van der Waals surface area contributed by atoms with Crippen LogP contribution < -0.4 is 0 Å². The maximum atomic E-state index is 9.54. The number of hydrogen-bond donors (Lipinski definition) is 3. The first-order valence-electron chi connectivity index (χ1n) is 4.15. The number of rotatable bonds is 1. The van der Waals surface area contributed by atoms with Gasteiger partial charge >= 0.3 is 0 Å². The van der Waals surface area contributed by atoms with Gasteiger partial charge in [0.05, 0.1) is 18.8 Å². The highest BCUT2D eigenvalue weighted by molar-refractivity contribution is 5.17. The van der Waals surface area contributed by atoms with Crippen LogP contribution in [0.25, 0.3) is 0 Å². The lowest BCUT2D eigenvalue weighted by molar-refractivity contribution is -0.0417. The van der Waals surface area contributed by atoms with E-state index in [0.717, 1.165) is 5.57 Å². The molecule has 0 heterocycles. The molecular formula is C9H16O3. The van der Waals surface area contributed by atoms with E-state index in [9.17, 15) is 10.2 Å². The minimum absolute atomic E-state index is 0.0345. The van der Waals surface area contributed by atoms with Gasteiger partial charge in [-0.15, -0.1) is 0 Å². The van der Waals surface area contributed by atoms with Crippen molar-refractivity contribution < 1.29 is 15.3 Å². The van der Waals surface area contributed by atoms with Gasteiger partial charge in [0.15, 0.2) is 0 Å². The van der Waals surface area contributed by atoms with Gasteiger partial charge in [-0.2, -0.15) is 0 Å². The van der Waals surface area contributed by atoms with Gasteiger partial charge in [-0.25, -0.2) is 0 Å². The summed E-state index contributed by atoms with van der Waals surface area (Å²) in [7, 11) is 0. The Bertz CT molecular complexity index is 196. The number of hydrogen-bond acceptors (Lipinski definition) is 3. The van der Waals surface area contributed by atoms with E-state index in [1.54, 1.807) is 0 Å². The Labute approximate surface area is 72.3 Å². The lowest BCUT2D eigenvalue weighted by atomic mass is 9.76. The zero-order valence-electron chi connectivity index (χ0n) is 7.49. The van der Waals surface area contributed by atoms with Gasteiger partial charge in [0.2, 0.25) is 0 Å². The van der Waals surface area contributed by atoms with E-state index in [1.807, 2.05) is 19.9 Å². The minimum atomic E-state index is -0.743. The Morgan fingerprint density at radius 3 is 2.50 bits per heavy atom. The van der Waals surface area contributed by atoms with Gasteiger partial charge in [-0.1, -0.05) is 19.9 Å². The molecule has 12 heavy (non-hydrogen) atoms. The molecule has 0 fully saturated rings. The van der Waals surface area contributed by atoms with Crippen LogP contribution in [-0.4, -0.2) is 34.1 Å². The molecule has 3 nitrogen and oxygen atoms in total. The fourth-order valence-corrected chi connectivity index (χ4v) is 1.66. The average Bonchev–Trinajstić information content (AvgIpc) is 1.99. The average molecular weight is 172 g/mol. The van der Waals surface area contributed by atoms with Crippen molar-refractivity contribution >= 4 is 0 Å². The Morgan fingerprint density at radius 2 is 2.08 bits per heavy atom. The molecular weight excluding hydrogens is 156 g/mol. The summed E-state index contributed by atoms with van der Waals surface area (Å²) in [4.78, 5) is 0. The van der Waals surface area contributed by atoms with E-state index in [1.165, 1.54) is 0 Å². The maximum absolute atomic E-state index is 9.54. The molecule has 1 rings (SSSR count). The third kappa shape index (κ3) is 1.68. The summed E-state index contributed by atoms with van der Waals surface area (Å²) in [5.41, 5.74) is 0.369. The predicted octanol–water partition coefficient (Wildman–Crippen LogP) is 0.0568. The van der Waals surface area contributed by atoms with Crippen molar-refractivity contribution in [3.05, 3.63) is 11.6 Å². The van der Waals surface area contributed by atoms with Crippen LogP contribution in [0.1, 0.15) is 20.3 Å². The number of aliphatic hydroxyl groups excluding tert-OH is 3. The van der Waals surface area contributed by atoms with Gasteiger partial charge in [-0.3, -0.25) is 0 Å². The molecule has 0 spiro atoms. The molecule has 0 aliphatic heterocycles. The SMILES string of the molecule is CC1(C)C=C(CO)C[C@H](O)C1O. The summed E-state index contributed by atoms with van der Waals surface area (Å²) in [6, 6.07) is 0. The summed E-state index contributed by atoms with van der Waals surface area (Å²) < 4.78 is 0. The first kappa shape index (κ1) is 9.71. The molecule has 1 aliphatic carbocycles. The predicted molar refractivity (Wildman–Crippen MR) is 45.6 cm³/mol. The second-order valence-electron chi connectivity index (χ2n) is 4.00. The van der Waals surface area contributed by atoms with E-state index in [2.05, 4.69) is 0 Å². The number of aliphatic hydroxyl groups is 3. The van der Waals surface area contributed by atoms with Gasteiger partial charge in [-0.05, 0) is 12.0 Å². The van der Waals surface area contributed by atoms with E-state index in [4.69, 9.17) is 5.11 Å². The first-order valence-corrected chi connectivity index (χ1v) is 4.15. The van der Waals surface area contributed by atoms with Crippen molar-refractivity contribution in [2.75, 3.05) is 6.61 Å². The molecule has 0 saturated heterocycles. The van der Waals surface area contributed by atoms with Crippen LogP contribution in [0.2, 0.25) is 0 Å². The normalized spacial score (nSPS) is 34.6. The summed E-state index contributed by atoms with van der Waals surface area (Å²) in [6.45, 7) is 3.65. The van der Waals surface area contributed by atoms with Crippen LogP contribution >= 0.6 is 0 Å². The molecule has 0 bridgehead atoms. The smallest absolute Gasteiger partial charge is 0.0887 e. The summed E-state index contributed by atoms with van der Waals surface area (Å²) in [5.74, 6) is 0. The van der Waals surface area contributed by atoms with Crippen molar-refractivity contribution in [3.8, 4) is 0 Å². The van der Waals surface area contributed by atoms with E-state index < -0.39 is 17.6 Å². The van der Waals surface area contributed by atoms with Crippen LogP contribution in [0.15, 0.2) is 11.6 Å². The Balaban J connectivity index is 2.87. The zero-order valence-corrected chi connectivity index (χ0v) is 7.49. The van der Waals surface area contributed by atoms with Gasteiger partial charge < -0.3 is 15.3 Å². The molecule has 1 aliphatic rings. The Kier molecular flexibility index (Phi) is 2.56.